The highest BCUT2D eigenvalue weighted by Gasteiger charge is 2.34. The predicted molar refractivity (Wildman–Crippen MR) is 184 cm³/mol. The number of aromatic nitrogens is 3. The highest BCUT2D eigenvalue weighted by molar-refractivity contribution is 8.13. The number of rotatable bonds is 5. The van der Waals surface area contributed by atoms with Crippen molar-refractivity contribution in [1.29, 1.82) is 0 Å². The summed E-state index contributed by atoms with van der Waals surface area (Å²) in [6.45, 7) is 3.80. The summed E-state index contributed by atoms with van der Waals surface area (Å²) in [5, 5.41) is 22.2. The molecule has 12 heteroatoms. The zero-order valence-corrected chi connectivity index (χ0v) is 27.6. The smallest absolute Gasteiger partial charge is 0.229 e. The van der Waals surface area contributed by atoms with Crippen molar-refractivity contribution >= 4 is 68.5 Å². The van der Waals surface area contributed by atoms with E-state index in [0.717, 1.165) is 57.0 Å². The summed E-state index contributed by atoms with van der Waals surface area (Å²) in [4.78, 5) is 32.4. The molecule has 3 aromatic carbocycles. The van der Waals surface area contributed by atoms with Crippen molar-refractivity contribution in [1.82, 2.24) is 14.8 Å². The normalized spacial score (nSPS) is 15.7. The van der Waals surface area contributed by atoms with Crippen LogP contribution < -0.4 is 5.32 Å². The monoisotopic (exact) mass is 665 g/mol. The minimum absolute atomic E-state index is 0.0173. The first-order valence-electron chi connectivity index (χ1n) is 14.7. The minimum Gasteiger partial charge on any atom is -0.326 e. The topological polar surface area (TPSA) is 114 Å². The number of carbonyl (C=O) groups is 2. The van der Waals surface area contributed by atoms with Crippen LogP contribution in [0.3, 0.4) is 0 Å². The third-order valence-electron chi connectivity index (χ3n) is 8.15. The lowest BCUT2D eigenvalue weighted by molar-refractivity contribution is -0.116. The first-order chi connectivity index (χ1) is 22.3. The van der Waals surface area contributed by atoms with Crippen LogP contribution in [0.2, 0.25) is 5.02 Å². The lowest BCUT2D eigenvalue weighted by Gasteiger charge is -2.15. The fraction of sp³-hybridized carbons (Fsp3) is 0.206. The summed E-state index contributed by atoms with van der Waals surface area (Å²) in [7, 11) is 0. The summed E-state index contributed by atoms with van der Waals surface area (Å²) in [5.74, 6) is 0.977. The highest BCUT2D eigenvalue weighted by atomic mass is 35.5. The number of fused-ring (bicyclic) bond motifs is 5. The Kier molecular flexibility index (Phi) is 8.14. The molecule has 5 aromatic rings. The van der Waals surface area contributed by atoms with Crippen LogP contribution in [0.25, 0.3) is 5.00 Å². The number of carbonyl (C=O) groups excluding carboxylic acids is 2. The van der Waals surface area contributed by atoms with Crippen molar-refractivity contribution in [2.75, 3.05) is 11.6 Å². The Labute approximate surface area is 278 Å². The van der Waals surface area contributed by atoms with Crippen LogP contribution in [-0.4, -0.2) is 37.8 Å². The van der Waals surface area contributed by atoms with E-state index in [1.807, 2.05) is 79.1 Å². The quantitative estimate of drug-likeness (QED) is 0.202. The lowest BCUT2D eigenvalue weighted by atomic mass is 9.99. The molecule has 0 spiro atoms. The highest BCUT2D eigenvalue weighted by Crippen LogP contribution is 2.41. The maximum absolute atomic E-state index is 13.7. The minimum atomic E-state index is -0.639. The van der Waals surface area contributed by atoms with Crippen molar-refractivity contribution in [3.8, 4) is 5.00 Å². The fourth-order valence-corrected chi connectivity index (χ4v) is 7.89. The molecule has 0 unspecified atom stereocenters. The van der Waals surface area contributed by atoms with Crippen molar-refractivity contribution in [2.45, 2.75) is 39.2 Å². The van der Waals surface area contributed by atoms with Gasteiger partial charge in [0.15, 0.2) is 5.82 Å². The molecule has 0 fully saturated rings. The van der Waals surface area contributed by atoms with Gasteiger partial charge in [-0.15, -0.1) is 21.5 Å². The van der Waals surface area contributed by atoms with Crippen molar-refractivity contribution in [2.24, 2.45) is 15.2 Å². The number of hydrogen-bond donors (Lipinski definition) is 1. The van der Waals surface area contributed by atoms with Gasteiger partial charge in [-0.1, -0.05) is 53.7 Å². The van der Waals surface area contributed by atoms with E-state index in [9.17, 15) is 9.59 Å². The second kappa shape index (κ2) is 12.4. The lowest BCUT2D eigenvalue weighted by Crippen LogP contribution is -2.17. The van der Waals surface area contributed by atoms with E-state index in [1.54, 1.807) is 6.26 Å². The molecule has 7 rings (SSSR count). The summed E-state index contributed by atoms with van der Waals surface area (Å²) >= 11 is 8.81. The van der Waals surface area contributed by atoms with Gasteiger partial charge in [0.2, 0.25) is 11.0 Å². The molecule has 1 amide bonds. The molecule has 2 aromatic heterocycles. The summed E-state index contributed by atoms with van der Waals surface area (Å²) in [6, 6.07) is 20.5. The average Bonchev–Trinajstić information content (AvgIpc) is 3.55. The number of anilines is 1. The van der Waals surface area contributed by atoms with Gasteiger partial charge in [-0.3, -0.25) is 19.1 Å². The van der Waals surface area contributed by atoms with Gasteiger partial charge in [0.25, 0.3) is 0 Å². The SMILES string of the molecule is CSC(=O)c1sc2c(c1C)C(c1ccc(Cl)cc1)=N[C@@H](CC(=O)Nc1ccc3c(c1)CCc1ccccc1/N=N\3)c1nnc(C)n1-2. The van der Waals surface area contributed by atoms with Crippen molar-refractivity contribution < 1.29 is 9.59 Å². The number of benzene rings is 3. The van der Waals surface area contributed by atoms with Crippen LogP contribution >= 0.6 is 34.7 Å². The molecular weight excluding hydrogens is 638 g/mol. The number of thiophene rings is 1. The molecule has 230 valence electrons. The van der Waals surface area contributed by atoms with Gasteiger partial charge in [-0.2, -0.15) is 10.2 Å². The fourth-order valence-electron chi connectivity index (χ4n) is 5.85. The largest absolute Gasteiger partial charge is 0.326 e. The van der Waals surface area contributed by atoms with Gasteiger partial charge in [0.1, 0.15) is 16.9 Å². The van der Waals surface area contributed by atoms with Gasteiger partial charge in [-0.25, -0.2) is 0 Å². The van der Waals surface area contributed by atoms with E-state index >= 15 is 0 Å². The van der Waals surface area contributed by atoms with Gasteiger partial charge < -0.3 is 5.32 Å². The standard InChI is InChI=1S/C34H28ClN7O2S2/c1-18-29-30(21-10-12-23(35)13-11-21)37-27(32-41-38-19(2)42(32)33(29)46-31(18)34(44)45-3)17-28(43)36-24-14-15-26-22(16-24)9-8-20-6-4-5-7-25(20)39-40-26/h4-7,10-16,27H,8-9,17H2,1-3H3,(H,36,43)/b40-39-/t27-/m0/s1. The third kappa shape index (κ3) is 5.59. The number of hydrogen-bond acceptors (Lipinski definition) is 9. The number of nitrogens with zero attached hydrogens (tertiary/aromatic N) is 6. The number of halogens is 1. The molecule has 0 bridgehead atoms. The van der Waals surface area contributed by atoms with Gasteiger partial charge >= 0.3 is 0 Å². The maximum atomic E-state index is 13.7. The molecule has 2 aliphatic rings. The molecule has 46 heavy (non-hydrogen) atoms. The molecule has 0 saturated heterocycles. The zero-order chi connectivity index (χ0) is 31.9. The molecule has 0 radical (unpaired) electrons. The number of aliphatic imine (C=N–C) groups is 1. The number of thioether (sulfide) groups is 1. The molecule has 0 aliphatic carbocycles. The van der Waals surface area contributed by atoms with Crippen LogP contribution in [0.15, 0.2) is 82.0 Å². The number of amides is 1. The second-order valence-electron chi connectivity index (χ2n) is 11.1. The van der Waals surface area contributed by atoms with Crippen LogP contribution in [-0.2, 0) is 17.6 Å². The Morgan fingerprint density at radius 3 is 2.50 bits per heavy atom. The van der Waals surface area contributed by atoms with Crippen LogP contribution in [0.4, 0.5) is 17.1 Å². The van der Waals surface area contributed by atoms with Gasteiger partial charge in [-0.05, 0) is 86.0 Å². The van der Waals surface area contributed by atoms with E-state index in [2.05, 4.69) is 31.8 Å². The van der Waals surface area contributed by atoms with Gasteiger partial charge in [0, 0.05) is 21.8 Å². The third-order valence-corrected chi connectivity index (χ3v) is 10.4. The van der Waals surface area contributed by atoms with E-state index in [0.29, 0.717) is 32.9 Å². The van der Waals surface area contributed by atoms with E-state index in [4.69, 9.17) is 16.6 Å². The van der Waals surface area contributed by atoms with Gasteiger partial charge in [0.05, 0.1) is 28.4 Å². The molecule has 0 saturated carbocycles. The summed E-state index contributed by atoms with van der Waals surface area (Å²) in [6.07, 6.45) is 3.41. The molecular formula is C34H28ClN7O2S2. The first kappa shape index (κ1) is 30.2. The summed E-state index contributed by atoms with van der Waals surface area (Å²) in [5.41, 5.74) is 7.67. The number of nitrogens with one attached hydrogen (secondary N) is 1. The maximum Gasteiger partial charge on any atom is 0.229 e. The summed E-state index contributed by atoms with van der Waals surface area (Å²) < 4.78 is 1.93. The zero-order valence-electron chi connectivity index (χ0n) is 25.2. The van der Waals surface area contributed by atoms with Crippen LogP contribution in [0.1, 0.15) is 61.6 Å². The Hall–Kier alpha value is -4.45. The molecule has 1 atom stereocenters. The van der Waals surface area contributed by atoms with Crippen LogP contribution in [0.5, 0.6) is 0 Å². The van der Waals surface area contributed by atoms with E-state index < -0.39 is 6.04 Å². The number of azo groups is 1. The number of aryl methyl sites for hydroxylation is 3. The average molecular weight is 666 g/mol. The Morgan fingerprint density at radius 2 is 1.72 bits per heavy atom. The second-order valence-corrected chi connectivity index (χ2v) is 13.3. The Balaban J connectivity index is 1.23. The molecule has 9 nitrogen and oxygen atoms in total. The van der Waals surface area contributed by atoms with E-state index in [-0.39, 0.29) is 17.4 Å². The predicted octanol–water partition coefficient (Wildman–Crippen LogP) is 8.54. The Morgan fingerprint density at radius 1 is 0.978 bits per heavy atom. The van der Waals surface area contributed by atoms with Crippen LogP contribution in [0, 0.1) is 13.8 Å². The van der Waals surface area contributed by atoms with Crippen molar-refractivity contribution in [3.63, 3.8) is 0 Å². The van der Waals surface area contributed by atoms with Crippen molar-refractivity contribution in [3.05, 3.63) is 116 Å². The molecule has 1 N–H and O–H groups in total. The first-order valence-corrected chi connectivity index (χ1v) is 17.1. The van der Waals surface area contributed by atoms with E-state index in [1.165, 1.54) is 23.1 Å². The Bertz CT molecular complexity index is 2080. The molecule has 4 heterocycles. The molecule has 2 aliphatic heterocycles.